The summed E-state index contributed by atoms with van der Waals surface area (Å²) in [7, 11) is 0. The first-order valence-corrected chi connectivity index (χ1v) is 4.73. The van der Waals surface area contributed by atoms with Crippen molar-refractivity contribution in [3.05, 3.63) is 12.7 Å². The van der Waals surface area contributed by atoms with E-state index < -0.39 is 0 Å². The van der Waals surface area contributed by atoms with Crippen molar-refractivity contribution in [2.75, 3.05) is 13.1 Å². The number of nitrogens with zero attached hydrogens (tertiary/aromatic N) is 1. The maximum absolute atomic E-state index is 3.78. The van der Waals surface area contributed by atoms with Gasteiger partial charge in [-0.3, -0.25) is 4.90 Å². The standard InChI is InChI=1S/C10H19N/c1-3-6-10-7-5-9-11(10)8-4-2/h4,10H,2-3,5-9H2,1H3/t10-/m0/s1. The van der Waals surface area contributed by atoms with Crippen LogP contribution in [-0.2, 0) is 0 Å². The Bertz CT molecular complexity index is 120. The van der Waals surface area contributed by atoms with Crippen molar-refractivity contribution in [1.29, 1.82) is 0 Å². The van der Waals surface area contributed by atoms with E-state index >= 15 is 0 Å². The van der Waals surface area contributed by atoms with Crippen molar-refractivity contribution in [3.63, 3.8) is 0 Å². The number of rotatable bonds is 4. The third-order valence-electron chi connectivity index (χ3n) is 2.48. The Morgan fingerprint density at radius 2 is 2.45 bits per heavy atom. The van der Waals surface area contributed by atoms with Gasteiger partial charge in [0.05, 0.1) is 0 Å². The van der Waals surface area contributed by atoms with E-state index in [1.54, 1.807) is 0 Å². The van der Waals surface area contributed by atoms with Crippen LogP contribution >= 0.6 is 0 Å². The summed E-state index contributed by atoms with van der Waals surface area (Å²) in [5, 5.41) is 0. The zero-order valence-corrected chi connectivity index (χ0v) is 7.55. The van der Waals surface area contributed by atoms with Gasteiger partial charge in [0, 0.05) is 12.6 Å². The van der Waals surface area contributed by atoms with Gasteiger partial charge in [-0.2, -0.15) is 0 Å². The summed E-state index contributed by atoms with van der Waals surface area (Å²) in [6.07, 6.45) is 7.50. The van der Waals surface area contributed by atoms with Crippen LogP contribution in [0.15, 0.2) is 12.7 Å². The minimum Gasteiger partial charge on any atom is -0.297 e. The maximum atomic E-state index is 3.78. The minimum atomic E-state index is 0.859. The van der Waals surface area contributed by atoms with E-state index in [4.69, 9.17) is 0 Å². The van der Waals surface area contributed by atoms with Gasteiger partial charge in [-0.15, -0.1) is 6.58 Å². The second kappa shape index (κ2) is 4.55. The third kappa shape index (κ3) is 2.33. The molecule has 0 bridgehead atoms. The molecule has 1 saturated heterocycles. The first-order chi connectivity index (χ1) is 5.38. The van der Waals surface area contributed by atoms with Crippen molar-refractivity contribution in [2.24, 2.45) is 0 Å². The van der Waals surface area contributed by atoms with Crippen LogP contribution < -0.4 is 0 Å². The molecule has 1 heterocycles. The lowest BCUT2D eigenvalue weighted by molar-refractivity contribution is 0.267. The largest absolute Gasteiger partial charge is 0.297 e. The zero-order chi connectivity index (χ0) is 8.10. The predicted octanol–water partition coefficient (Wildman–Crippen LogP) is 2.44. The van der Waals surface area contributed by atoms with E-state index in [0.29, 0.717) is 0 Å². The fraction of sp³-hybridized carbons (Fsp3) is 0.800. The van der Waals surface area contributed by atoms with Gasteiger partial charge in [0.2, 0.25) is 0 Å². The summed E-state index contributed by atoms with van der Waals surface area (Å²) >= 11 is 0. The number of likely N-dealkylation sites (tertiary alicyclic amines) is 1. The molecule has 1 nitrogen and oxygen atoms in total. The first kappa shape index (κ1) is 8.79. The summed E-state index contributed by atoms with van der Waals surface area (Å²) in [6.45, 7) is 8.42. The van der Waals surface area contributed by atoms with Crippen molar-refractivity contribution in [2.45, 2.75) is 38.6 Å². The van der Waals surface area contributed by atoms with Crippen LogP contribution in [-0.4, -0.2) is 24.0 Å². The van der Waals surface area contributed by atoms with Crippen LogP contribution in [0.5, 0.6) is 0 Å². The Hall–Kier alpha value is -0.300. The molecule has 11 heavy (non-hydrogen) atoms. The third-order valence-corrected chi connectivity index (χ3v) is 2.48. The van der Waals surface area contributed by atoms with E-state index in [0.717, 1.165) is 12.6 Å². The van der Waals surface area contributed by atoms with Gasteiger partial charge >= 0.3 is 0 Å². The van der Waals surface area contributed by atoms with E-state index in [9.17, 15) is 0 Å². The molecule has 0 aliphatic carbocycles. The molecular weight excluding hydrogens is 134 g/mol. The van der Waals surface area contributed by atoms with Crippen LogP contribution in [0, 0.1) is 0 Å². The van der Waals surface area contributed by atoms with Crippen LogP contribution in [0.4, 0.5) is 0 Å². The van der Waals surface area contributed by atoms with Crippen LogP contribution in [0.1, 0.15) is 32.6 Å². The molecule has 0 spiro atoms. The van der Waals surface area contributed by atoms with Gasteiger partial charge in [0.15, 0.2) is 0 Å². The lowest BCUT2D eigenvalue weighted by atomic mass is 10.1. The van der Waals surface area contributed by atoms with Crippen LogP contribution in [0.2, 0.25) is 0 Å². The normalized spacial score (nSPS) is 25.7. The Morgan fingerprint density at radius 1 is 1.64 bits per heavy atom. The summed E-state index contributed by atoms with van der Waals surface area (Å²) in [5.41, 5.74) is 0. The smallest absolute Gasteiger partial charge is 0.0163 e. The molecule has 1 atom stereocenters. The highest BCUT2D eigenvalue weighted by Gasteiger charge is 2.21. The predicted molar refractivity (Wildman–Crippen MR) is 49.7 cm³/mol. The summed E-state index contributed by atoms with van der Waals surface area (Å²) < 4.78 is 0. The highest BCUT2D eigenvalue weighted by atomic mass is 15.2. The molecule has 1 fully saturated rings. The first-order valence-electron chi connectivity index (χ1n) is 4.73. The molecule has 0 N–H and O–H groups in total. The van der Waals surface area contributed by atoms with Crippen molar-refractivity contribution >= 4 is 0 Å². The lowest BCUT2D eigenvalue weighted by Crippen LogP contribution is -2.29. The van der Waals surface area contributed by atoms with Crippen LogP contribution in [0.3, 0.4) is 0 Å². The summed E-state index contributed by atoms with van der Waals surface area (Å²) in [5.74, 6) is 0. The zero-order valence-electron chi connectivity index (χ0n) is 7.55. The van der Waals surface area contributed by atoms with Crippen molar-refractivity contribution in [1.82, 2.24) is 4.90 Å². The van der Waals surface area contributed by atoms with E-state index in [1.165, 1.54) is 32.2 Å². The molecule has 0 aromatic heterocycles. The lowest BCUT2D eigenvalue weighted by Gasteiger charge is -2.21. The van der Waals surface area contributed by atoms with Gasteiger partial charge < -0.3 is 0 Å². The average Bonchev–Trinajstić information content (AvgIpc) is 2.39. The van der Waals surface area contributed by atoms with Gasteiger partial charge in [-0.05, 0) is 25.8 Å². The van der Waals surface area contributed by atoms with E-state index in [1.807, 2.05) is 6.08 Å². The fourth-order valence-corrected chi connectivity index (χ4v) is 1.96. The SMILES string of the molecule is C=CCN1CCC[C@@H]1CCC. The number of hydrogen-bond donors (Lipinski definition) is 0. The molecule has 0 unspecified atom stereocenters. The van der Waals surface area contributed by atoms with Gasteiger partial charge in [-0.1, -0.05) is 19.4 Å². The van der Waals surface area contributed by atoms with Crippen LogP contribution in [0.25, 0.3) is 0 Å². The molecule has 0 amide bonds. The average molecular weight is 153 g/mol. The van der Waals surface area contributed by atoms with Gasteiger partial charge in [0.1, 0.15) is 0 Å². The Morgan fingerprint density at radius 3 is 3.09 bits per heavy atom. The van der Waals surface area contributed by atoms with Gasteiger partial charge in [0.25, 0.3) is 0 Å². The molecule has 0 aromatic rings. The quantitative estimate of drug-likeness (QED) is 0.561. The molecular formula is C10H19N. The highest BCUT2D eigenvalue weighted by molar-refractivity contribution is 4.83. The molecule has 64 valence electrons. The molecule has 0 aromatic carbocycles. The Balaban J connectivity index is 2.31. The second-order valence-corrected chi connectivity index (χ2v) is 3.37. The molecule has 0 radical (unpaired) electrons. The minimum absolute atomic E-state index is 0.859. The van der Waals surface area contributed by atoms with E-state index in [-0.39, 0.29) is 0 Å². The maximum Gasteiger partial charge on any atom is 0.0163 e. The Kier molecular flexibility index (Phi) is 3.64. The van der Waals surface area contributed by atoms with Crippen molar-refractivity contribution < 1.29 is 0 Å². The Labute approximate surface area is 70.1 Å². The highest BCUT2D eigenvalue weighted by Crippen LogP contribution is 2.20. The molecule has 1 heteroatoms. The molecule has 1 aliphatic rings. The topological polar surface area (TPSA) is 3.24 Å². The van der Waals surface area contributed by atoms with Gasteiger partial charge in [-0.25, -0.2) is 0 Å². The summed E-state index contributed by atoms with van der Waals surface area (Å²) in [4.78, 5) is 2.55. The molecule has 1 rings (SSSR count). The second-order valence-electron chi connectivity index (χ2n) is 3.37. The number of hydrogen-bond acceptors (Lipinski definition) is 1. The molecule has 1 aliphatic heterocycles. The fourth-order valence-electron chi connectivity index (χ4n) is 1.96. The molecule has 0 saturated carbocycles. The van der Waals surface area contributed by atoms with E-state index in [2.05, 4.69) is 18.4 Å². The summed E-state index contributed by atoms with van der Waals surface area (Å²) in [6, 6.07) is 0.859. The van der Waals surface area contributed by atoms with Crippen molar-refractivity contribution in [3.8, 4) is 0 Å². The monoisotopic (exact) mass is 153 g/mol.